The van der Waals surface area contributed by atoms with Crippen LogP contribution in [0.4, 0.5) is 0 Å². The zero-order valence-electron chi connectivity index (χ0n) is 9.98. The molecule has 2 aliphatic rings. The van der Waals surface area contributed by atoms with Crippen molar-refractivity contribution in [2.75, 3.05) is 13.1 Å². The van der Waals surface area contributed by atoms with E-state index in [4.69, 9.17) is 5.73 Å². The molecule has 3 N–H and O–H groups in total. The van der Waals surface area contributed by atoms with Crippen LogP contribution in [0, 0.1) is 5.41 Å². The Hall–Kier alpha value is -0.610. The number of likely N-dealkylation sites (tertiary alicyclic amines) is 1. The number of hydrogen-bond donors (Lipinski definition) is 2. The minimum atomic E-state index is -0.392. The smallest absolute Gasteiger partial charge is 0.230 e. The largest absolute Gasteiger partial charge is 0.391 e. The molecule has 0 aromatic heterocycles. The molecule has 1 saturated carbocycles. The summed E-state index contributed by atoms with van der Waals surface area (Å²) in [6.07, 6.45) is 4.24. The predicted molar refractivity (Wildman–Crippen MR) is 61.8 cm³/mol. The van der Waals surface area contributed by atoms with Crippen LogP contribution in [-0.4, -0.2) is 41.1 Å². The molecule has 16 heavy (non-hydrogen) atoms. The Labute approximate surface area is 96.8 Å². The molecule has 92 valence electrons. The first-order valence-corrected chi connectivity index (χ1v) is 6.27. The second-order valence-corrected chi connectivity index (χ2v) is 5.46. The van der Waals surface area contributed by atoms with Gasteiger partial charge in [0.05, 0.1) is 11.5 Å². The molecule has 2 unspecified atom stereocenters. The van der Waals surface area contributed by atoms with E-state index >= 15 is 0 Å². The van der Waals surface area contributed by atoms with Gasteiger partial charge in [0.2, 0.25) is 5.91 Å². The zero-order chi connectivity index (χ0) is 11.8. The van der Waals surface area contributed by atoms with Crippen molar-refractivity contribution in [1.82, 2.24) is 4.90 Å². The van der Waals surface area contributed by atoms with Crippen molar-refractivity contribution in [3.05, 3.63) is 0 Å². The van der Waals surface area contributed by atoms with Crippen LogP contribution in [0.2, 0.25) is 0 Å². The highest BCUT2D eigenvalue weighted by atomic mass is 16.3. The fraction of sp³-hybridized carbons (Fsp3) is 0.917. The number of nitrogens with two attached hydrogens (primary N) is 1. The number of hydrogen-bond acceptors (Lipinski definition) is 3. The van der Waals surface area contributed by atoms with Crippen LogP contribution in [0.5, 0.6) is 0 Å². The molecular formula is C12H22N2O2. The van der Waals surface area contributed by atoms with E-state index in [2.05, 4.69) is 0 Å². The Kier molecular flexibility index (Phi) is 3.22. The Bertz CT molecular complexity index is 282. The van der Waals surface area contributed by atoms with Crippen LogP contribution in [-0.2, 0) is 4.79 Å². The lowest BCUT2D eigenvalue weighted by Gasteiger charge is -2.37. The second kappa shape index (κ2) is 4.34. The van der Waals surface area contributed by atoms with Gasteiger partial charge in [-0.2, -0.15) is 0 Å². The number of carbonyl (C=O) groups excluding carboxylic acids is 1. The Morgan fingerprint density at radius 2 is 2.19 bits per heavy atom. The number of aliphatic hydroxyl groups excluding tert-OH is 1. The molecule has 1 amide bonds. The summed E-state index contributed by atoms with van der Waals surface area (Å²) in [6, 6.07) is -0.0148. The number of aliphatic hydroxyl groups is 1. The maximum absolute atomic E-state index is 12.4. The summed E-state index contributed by atoms with van der Waals surface area (Å²) in [7, 11) is 0. The maximum Gasteiger partial charge on any atom is 0.230 e. The molecule has 1 aliphatic carbocycles. The third-order valence-electron chi connectivity index (χ3n) is 4.20. The molecule has 2 fully saturated rings. The monoisotopic (exact) mass is 226 g/mol. The van der Waals surface area contributed by atoms with E-state index in [1.807, 2.05) is 6.92 Å². The van der Waals surface area contributed by atoms with Crippen molar-refractivity contribution in [2.24, 2.45) is 11.1 Å². The van der Waals surface area contributed by atoms with Crippen molar-refractivity contribution in [3.8, 4) is 0 Å². The number of piperidine rings is 1. The Morgan fingerprint density at radius 1 is 1.44 bits per heavy atom. The summed E-state index contributed by atoms with van der Waals surface area (Å²) >= 11 is 0. The number of rotatable bonds is 1. The molecule has 0 radical (unpaired) electrons. The van der Waals surface area contributed by atoms with Gasteiger partial charge in [-0.1, -0.05) is 6.42 Å². The third kappa shape index (κ3) is 1.96. The maximum atomic E-state index is 12.4. The van der Waals surface area contributed by atoms with Crippen LogP contribution >= 0.6 is 0 Å². The minimum absolute atomic E-state index is 0.0148. The first-order chi connectivity index (χ1) is 7.54. The third-order valence-corrected chi connectivity index (χ3v) is 4.20. The highest BCUT2D eigenvalue weighted by Gasteiger charge is 2.45. The van der Waals surface area contributed by atoms with Gasteiger partial charge in [0, 0.05) is 19.1 Å². The molecular weight excluding hydrogens is 204 g/mol. The van der Waals surface area contributed by atoms with Gasteiger partial charge in [0.25, 0.3) is 0 Å². The van der Waals surface area contributed by atoms with Gasteiger partial charge in [-0.05, 0) is 32.6 Å². The molecule has 0 bridgehead atoms. The normalized spacial score (nSPS) is 40.1. The van der Waals surface area contributed by atoms with E-state index in [9.17, 15) is 9.90 Å². The molecule has 0 aromatic carbocycles. The SMILES string of the molecule is CC1(C(=O)N2CCC[C@H](O)C2)CCCC1N. The molecule has 1 saturated heterocycles. The van der Waals surface area contributed by atoms with Gasteiger partial charge in [-0.25, -0.2) is 0 Å². The number of amides is 1. The van der Waals surface area contributed by atoms with E-state index in [-0.39, 0.29) is 18.1 Å². The fourth-order valence-electron chi connectivity index (χ4n) is 2.96. The van der Waals surface area contributed by atoms with Crippen LogP contribution in [0.15, 0.2) is 0 Å². The highest BCUT2D eigenvalue weighted by Crippen LogP contribution is 2.38. The van der Waals surface area contributed by atoms with Crippen molar-refractivity contribution in [3.63, 3.8) is 0 Å². The van der Waals surface area contributed by atoms with Gasteiger partial charge < -0.3 is 15.7 Å². The lowest BCUT2D eigenvalue weighted by Crippen LogP contribution is -2.52. The van der Waals surface area contributed by atoms with Crippen LogP contribution in [0.3, 0.4) is 0 Å². The lowest BCUT2D eigenvalue weighted by molar-refractivity contribution is -0.144. The van der Waals surface area contributed by atoms with Gasteiger partial charge >= 0.3 is 0 Å². The molecule has 0 spiro atoms. The van der Waals surface area contributed by atoms with Crippen molar-refractivity contribution in [1.29, 1.82) is 0 Å². The van der Waals surface area contributed by atoms with Gasteiger partial charge in [-0.15, -0.1) is 0 Å². The number of β-amino-alcohol motifs (C(OH)–C–C–N with tert-alkyl or cyclic N) is 1. The Morgan fingerprint density at radius 3 is 2.75 bits per heavy atom. The zero-order valence-corrected chi connectivity index (χ0v) is 9.98. The average Bonchev–Trinajstić information content (AvgIpc) is 2.59. The van der Waals surface area contributed by atoms with Crippen molar-refractivity contribution >= 4 is 5.91 Å². The van der Waals surface area contributed by atoms with E-state index in [0.29, 0.717) is 6.54 Å². The predicted octanol–water partition coefficient (Wildman–Crippen LogP) is 0.487. The average molecular weight is 226 g/mol. The van der Waals surface area contributed by atoms with E-state index in [0.717, 1.165) is 38.6 Å². The molecule has 3 atom stereocenters. The molecule has 1 heterocycles. The van der Waals surface area contributed by atoms with Crippen LogP contribution in [0.1, 0.15) is 39.0 Å². The fourth-order valence-corrected chi connectivity index (χ4v) is 2.96. The van der Waals surface area contributed by atoms with E-state index in [1.165, 1.54) is 0 Å². The first kappa shape index (κ1) is 11.9. The number of nitrogens with zero attached hydrogens (tertiary/aromatic N) is 1. The van der Waals surface area contributed by atoms with Crippen LogP contribution < -0.4 is 5.73 Å². The molecule has 1 aliphatic heterocycles. The lowest BCUT2D eigenvalue weighted by atomic mass is 9.83. The summed E-state index contributed by atoms with van der Waals surface area (Å²) in [4.78, 5) is 14.2. The molecule has 4 heteroatoms. The minimum Gasteiger partial charge on any atom is -0.391 e. The Balaban J connectivity index is 2.06. The molecule has 2 rings (SSSR count). The molecule has 4 nitrogen and oxygen atoms in total. The van der Waals surface area contributed by atoms with E-state index in [1.54, 1.807) is 4.90 Å². The van der Waals surface area contributed by atoms with Gasteiger partial charge in [-0.3, -0.25) is 4.79 Å². The topological polar surface area (TPSA) is 66.6 Å². The highest BCUT2D eigenvalue weighted by molar-refractivity contribution is 5.83. The van der Waals surface area contributed by atoms with E-state index < -0.39 is 5.41 Å². The van der Waals surface area contributed by atoms with Crippen LogP contribution in [0.25, 0.3) is 0 Å². The number of carbonyl (C=O) groups is 1. The van der Waals surface area contributed by atoms with Gasteiger partial charge in [0.15, 0.2) is 0 Å². The quantitative estimate of drug-likeness (QED) is 0.683. The summed E-state index contributed by atoms with van der Waals surface area (Å²) in [5.74, 6) is 0.149. The van der Waals surface area contributed by atoms with Crippen molar-refractivity contribution < 1.29 is 9.90 Å². The summed E-state index contributed by atoms with van der Waals surface area (Å²) in [5.41, 5.74) is 5.65. The molecule has 0 aromatic rings. The second-order valence-electron chi connectivity index (χ2n) is 5.46. The van der Waals surface area contributed by atoms with Crippen molar-refractivity contribution in [2.45, 2.75) is 51.2 Å². The summed E-state index contributed by atoms with van der Waals surface area (Å²) < 4.78 is 0. The summed E-state index contributed by atoms with van der Waals surface area (Å²) in [6.45, 7) is 3.24. The summed E-state index contributed by atoms with van der Waals surface area (Å²) in [5, 5.41) is 9.60. The van der Waals surface area contributed by atoms with Gasteiger partial charge in [0.1, 0.15) is 0 Å². The first-order valence-electron chi connectivity index (χ1n) is 6.27. The standard InChI is InChI=1S/C12H22N2O2/c1-12(6-2-5-10(12)13)11(16)14-7-3-4-9(15)8-14/h9-10,15H,2-8,13H2,1H3/t9-,10?,12?/m0/s1.